The van der Waals surface area contributed by atoms with Crippen molar-refractivity contribution in [1.29, 1.82) is 0 Å². The first-order valence-corrected chi connectivity index (χ1v) is 1.08. The Labute approximate surface area is 90.0 Å². The van der Waals surface area contributed by atoms with Gasteiger partial charge in [0.25, 0.3) is 0 Å². The Hall–Kier alpha value is 2.17. The molecule has 0 spiro atoms. The molecule has 0 aliphatic rings. The van der Waals surface area contributed by atoms with Crippen molar-refractivity contribution in [3.8, 4) is 0 Å². The number of rotatable bonds is 0. The fraction of sp³-hybridized carbons (Fsp3) is 0.333. The smallest absolute Gasteiger partial charge is 0 e. The van der Waals surface area contributed by atoms with E-state index in [1.165, 1.54) is 4.90 Å². The zero-order valence-corrected chi connectivity index (χ0v) is 9.69. The van der Waals surface area contributed by atoms with E-state index >= 15 is 0 Å². The Morgan fingerprint density at radius 1 is 1.17 bits per heavy atom. The van der Waals surface area contributed by atoms with E-state index in [9.17, 15) is 0 Å². The Bertz CT molecular complexity index is 13.5. The topological polar surface area (TPSA) is 3.24 Å². The first-order valence-electron chi connectivity index (χ1n) is 1.08. The standard InChI is InChI=1S/C3H7N.2Y/c1-4(2)3;;/h1-2H2,3H3;;/q-2;;. The summed E-state index contributed by atoms with van der Waals surface area (Å²) in [5.74, 6) is 0. The quantitative estimate of drug-likeness (QED) is 0.552. The van der Waals surface area contributed by atoms with Crippen molar-refractivity contribution in [2.75, 3.05) is 7.05 Å². The van der Waals surface area contributed by atoms with Crippen molar-refractivity contribution in [1.82, 2.24) is 4.90 Å². The van der Waals surface area contributed by atoms with Crippen molar-refractivity contribution in [3.63, 3.8) is 0 Å². The van der Waals surface area contributed by atoms with Crippen LogP contribution in [0.2, 0.25) is 0 Å². The van der Waals surface area contributed by atoms with Crippen LogP contribution in [0.15, 0.2) is 0 Å². The summed E-state index contributed by atoms with van der Waals surface area (Å²) in [4.78, 5) is 1.50. The summed E-state index contributed by atoms with van der Waals surface area (Å²) in [6, 6.07) is 0. The van der Waals surface area contributed by atoms with Gasteiger partial charge in [-0.15, -0.1) is 0 Å². The molecule has 0 bridgehead atoms. The normalized spacial score (nSPS) is 6.00. The van der Waals surface area contributed by atoms with Crippen LogP contribution >= 0.6 is 0 Å². The van der Waals surface area contributed by atoms with Gasteiger partial charge in [0.05, 0.1) is 0 Å². The van der Waals surface area contributed by atoms with Gasteiger partial charge in [0.1, 0.15) is 0 Å². The molecule has 32 valence electrons. The summed E-state index contributed by atoms with van der Waals surface area (Å²) in [5.41, 5.74) is 0. The Balaban J connectivity index is -0.0000000450. The minimum absolute atomic E-state index is 0. The van der Waals surface area contributed by atoms with Gasteiger partial charge in [-0.25, -0.2) is 0 Å². The van der Waals surface area contributed by atoms with E-state index in [0.29, 0.717) is 0 Å². The Kier molecular flexibility index (Phi) is 26.7. The maximum Gasteiger partial charge on any atom is 0 e. The van der Waals surface area contributed by atoms with Crippen molar-refractivity contribution >= 4 is 0 Å². The van der Waals surface area contributed by atoms with E-state index in [2.05, 4.69) is 14.1 Å². The second kappa shape index (κ2) is 10.2. The zero-order chi connectivity index (χ0) is 3.58. The van der Waals surface area contributed by atoms with Crippen LogP contribution in [-0.2, 0) is 65.4 Å². The molecular weight excluding hydrogens is 228 g/mol. The van der Waals surface area contributed by atoms with E-state index in [1.807, 2.05) is 0 Å². The van der Waals surface area contributed by atoms with Gasteiger partial charge in [0.15, 0.2) is 0 Å². The van der Waals surface area contributed by atoms with Crippen molar-refractivity contribution in [2.24, 2.45) is 0 Å². The minimum Gasteiger partial charge on any atom is -0.613 e. The van der Waals surface area contributed by atoms with Gasteiger partial charge < -0.3 is 19.0 Å². The van der Waals surface area contributed by atoms with Gasteiger partial charge in [-0.05, 0) is 0 Å². The molecule has 1 nitrogen and oxygen atoms in total. The molecule has 3 heteroatoms. The molecule has 6 heavy (non-hydrogen) atoms. The van der Waals surface area contributed by atoms with E-state index in [0.717, 1.165) is 0 Å². The molecule has 0 rings (SSSR count). The van der Waals surface area contributed by atoms with Crippen LogP contribution in [0.4, 0.5) is 0 Å². The summed E-state index contributed by atoms with van der Waals surface area (Å²) >= 11 is 0. The van der Waals surface area contributed by atoms with Crippen LogP contribution in [0.3, 0.4) is 0 Å². The van der Waals surface area contributed by atoms with Crippen LogP contribution in [0, 0.1) is 14.1 Å². The molecule has 0 aromatic heterocycles. The van der Waals surface area contributed by atoms with Crippen LogP contribution in [0.5, 0.6) is 0 Å². The minimum atomic E-state index is 0. The summed E-state index contributed by atoms with van der Waals surface area (Å²) in [7, 11) is 8.50. The molecule has 0 saturated heterocycles. The van der Waals surface area contributed by atoms with Gasteiger partial charge in [-0.1, -0.05) is 7.05 Å². The van der Waals surface area contributed by atoms with E-state index in [-0.39, 0.29) is 65.4 Å². The van der Waals surface area contributed by atoms with E-state index < -0.39 is 0 Å². The molecule has 2 radical (unpaired) electrons. The van der Waals surface area contributed by atoms with Crippen LogP contribution in [-0.4, -0.2) is 11.9 Å². The maximum atomic E-state index is 3.36. The molecule has 0 fully saturated rings. The monoisotopic (exact) mass is 235 g/mol. The fourth-order valence-corrected chi connectivity index (χ4v) is 0. The molecule has 0 heterocycles. The Morgan fingerprint density at radius 3 is 1.17 bits per heavy atom. The zero-order valence-electron chi connectivity index (χ0n) is 4.02. The molecule has 0 aliphatic heterocycles. The van der Waals surface area contributed by atoms with Crippen LogP contribution in [0.1, 0.15) is 0 Å². The van der Waals surface area contributed by atoms with Gasteiger partial charge in [-0.2, -0.15) is 0 Å². The first-order chi connectivity index (χ1) is 1.73. The van der Waals surface area contributed by atoms with E-state index in [1.54, 1.807) is 7.05 Å². The molecular formula is C3H7NY2-2. The number of nitrogens with zero attached hydrogens (tertiary/aromatic N) is 1. The average molecular weight is 235 g/mol. The summed E-state index contributed by atoms with van der Waals surface area (Å²) < 4.78 is 0. The molecule has 0 aromatic carbocycles. The molecule has 0 saturated carbocycles. The summed E-state index contributed by atoms with van der Waals surface area (Å²) in [5, 5.41) is 0. The predicted octanol–water partition coefficient (Wildman–Crippen LogP) is 0.496. The molecule has 0 aromatic rings. The third-order valence-electron chi connectivity index (χ3n) is 0. The molecule has 0 aliphatic carbocycles. The largest absolute Gasteiger partial charge is 0.613 e. The van der Waals surface area contributed by atoms with Crippen molar-refractivity contribution in [3.05, 3.63) is 14.1 Å². The molecule has 0 atom stereocenters. The first kappa shape index (κ1) is 15.7. The van der Waals surface area contributed by atoms with Gasteiger partial charge >= 0.3 is 0 Å². The SMILES string of the molecule is [CH2-]N([CH2-])C.[Y].[Y]. The Morgan fingerprint density at radius 2 is 1.17 bits per heavy atom. The fourth-order valence-electron chi connectivity index (χ4n) is 0. The molecule has 0 unspecified atom stereocenters. The second-order valence-corrected chi connectivity index (χ2v) is 0.856. The van der Waals surface area contributed by atoms with Crippen molar-refractivity contribution < 1.29 is 65.4 Å². The van der Waals surface area contributed by atoms with Crippen molar-refractivity contribution in [2.45, 2.75) is 0 Å². The maximum absolute atomic E-state index is 3.36. The molecule has 0 N–H and O–H groups in total. The third kappa shape index (κ3) is 35.1. The summed E-state index contributed by atoms with van der Waals surface area (Å²) in [6.45, 7) is 0. The van der Waals surface area contributed by atoms with Crippen LogP contribution in [0.25, 0.3) is 0 Å². The van der Waals surface area contributed by atoms with Gasteiger partial charge in [-0.3, -0.25) is 0 Å². The predicted molar refractivity (Wildman–Crippen MR) is 18.5 cm³/mol. The number of hydrogen-bond acceptors (Lipinski definition) is 1. The average Bonchev–Trinajstić information content (AvgIpc) is 0.811. The van der Waals surface area contributed by atoms with Crippen LogP contribution < -0.4 is 0 Å². The van der Waals surface area contributed by atoms with Gasteiger partial charge in [0.2, 0.25) is 0 Å². The second-order valence-electron chi connectivity index (χ2n) is 0.856. The molecule has 0 amide bonds. The third-order valence-corrected chi connectivity index (χ3v) is 0. The van der Waals surface area contributed by atoms with E-state index in [4.69, 9.17) is 0 Å². The summed E-state index contributed by atoms with van der Waals surface area (Å²) in [6.07, 6.45) is 0. The van der Waals surface area contributed by atoms with Gasteiger partial charge in [0, 0.05) is 65.4 Å². The number of hydrogen-bond donors (Lipinski definition) is 0.